The number of nitrogens with zero attached hydrogens (tertiary/aromatic N) is 1. The topological polar surface area (TPSA) is 44.4 Å². The van der Waals surface area contributed by atoms with Gasteiger partial charge in [0.1, 0.15) is 0 Å². The van der Waals surface area contributed by atoms with Crippen molar-refractivity contribution in [2.45, 2.75) is 18.9 Å². The monoisotopic (exact) mass is 351 g/mol. The summed E-state index contributed by atoms with van der Waals surface area (Å²) < 4.78 is 0. The molecule has 1 aliphatic rings. The number of nitrogens with one attached hydrogen (secondary N) is 2. The van der Waals surface area contributed by atoms with E-state index in [1.165, 1.54) is 0 Å². The van der Waals surface area contributed by atoms with Crippen LogP contribution in [0.25, 0.3) is 0 Å². The second-order valence-electron chi connectivity index (χ2n) is 5.05. The molecule has 0 spiro atoms. The van der Waals surface area contributed by atoms with Gasteiger partial charge in [0.25, 0.3) is 0 Å². The molecular weight excluding hydrogens is 333 g/mol. The molecule has 0 aromatic heterocycles. The molecule has 1 amide bonds. The van der Waals surface area contributed by atoms with Crippen LogP contribution < -0.4 is 10.6 Å². The maximum atomic E-state index is 12.1. The van der Waals surface area contributed by atoms with Crippen molar-refractivity contribution in [1.29, 1.82) is 0 Å². The molecule has 2 rings (SSSR count). The summed E-state index contributed by atoms with van der Waals surface area (Å²) in [5.41, 5.74) is 0.558. The zero-order valence-electron chi connectivity index (χ0n) is 11.9. The number of hydrogen-bond donors (Lipinski definition) is 2. The standard InChI is InChI=1S/C14H19Cl2N3O.ClH/c1-19(10-5-7-17-8-6-10)9-13(20)18-12-4-2-3-11(15)14(12)16;/h2-4,10,17H,5-9H2,1H3,(H,18,20);1H. The molecule has 1 saturated heterocycles. The molecule has 0 saturated carbocycles. The summed E-state index contributed by atoms with van der Waals surface area (Å²) in [5.74, 6) is -0.0739. The molecule has 0 radical (unpaired) electrons. The Balaban J connectivity index is 0.00000220. The van der Waals surface area contributed by atoms with Gasteiger partial charge < -0.3 is 10.6 Å². The zero-order chi connectivity index (χ0) is 14.5. The van der Waals surface area contributed by atoms with Crippen LogP contribution in [0.3, 0.4) is 0 Å². The van der Waals surface area contributed by atoms with Crippen molar-refractivity contribution in [2.24, 2.45) is 0 Å². The highest BCUT2D eigenvalue weighted by atomic mass is 35.5. The summed E-state index contributed by atoms with van der Waals surface area (Å²) in [7, 11) is 1.98. The number of carbonyl (C=O) groups excluding carboxylic acids is 1. The Hall–Kier alpha value is -0.520. The third-order valence-corrected chi connectivity index (χ3v) is 4.37. The molecular formula is C14H20Cl3N3O. The highest BCUT2D eigenvalue weighted by molar-refractivity contribution is 6.43. The van der Waals surface area contributed by atoms with Crippen molar-refractivity contribution in [3.63, 3.8) is 0 Å². The summed E-state index contributed by atoms with van der Waals surface area (Å²) in [4.78, 5) is 14.2. The van der Waals surface area contributed by atoms with E-state index in [1.807, 2.05) is 7.05 Å². The Morgan fingerprint density at radius 2 is 2.05 bits per heavy atom. The van der Waals surface area contributed by atoms with Gasteiger partial charge in [-0.15, -0.1) is 12.4 Å². The predicted octanol–water partition coefficient (Wildman–Crippen LogP) is 3.04. The number of rotatable bonds is 4. The zero-order valence-corrected chi connectivity index (χ0v) is 14.2. The van der Waals surface area contributed by atoms with Crippen molar-refractivity contribution in [1.82, 2.24) is 10.2 Å². The number of amides is 1. The van der Waals surface area contributed by atoms with Crippen LogP contribution in [-0.2, 0) is 4.79 Å². The minimum Gasteiger partial charge on any atom is -0.324 e. The van der Waals surface area contributed by atoms with Crippen molar-refractivity contribution in [3.05, 3.63) is 28.2 Å². The highest BCUT2D eigenvalue weighted by Gasteiger charge is 2.20. The fourth-order valence-corrected chi connectivity index (χ4v) is 2.74. The fraction of sp³-hybridized carbons (Fsp3) is 0.500. The molecule has 0 aliphatic carbocycles. The van der Waals surface area contributed by atoms with E-state index in [4.69, 9.17) is 23.2 Å². The molecule has 0 atom stereocenters. The Labute approximate surface area is 141 Å². The summed E-state index contributed by atoms with van der Waals surface area (Å²) in [6.07, 6.45) is 2.14. The molecule has 1 heterocycles. The summed E-state index contributed by atoms with van der Waals surface area (Å²) in [5, 5.41) is 6.95. The lowest BCUT2D eigenvalue weighted by atomic mass is 10.1. The molecule has 2 N–H and O–H groups in total. The number of hydrogen-bond acceptors (Lipinski definition) is 3. The van der Waals surface area contributed by atoms with Gasteiger partial charge in [-0.1, -0.05) is 29.3 Å². The van der Waals surface area contributed by atoms with Crippen molar-refractivity contribution in [2.75, 3.05) is 32.0 Å². The number of benzene rings is 1. The number of piperidine rings is 1. The molecule has 21 heavy (non-hydrogen) atoms. The largest absolute Gasteiger partial charge is 0.324 e. The average Bonchev–Trinajstić information content (AvgIpc) is 2.45. The summed E-state index contributed by atoms with van der Waals surface area (Å²) >= 11 is 12.0. The predicted molar refractivity (Wildman–Crippen MR) is 90.9 cm³/mol. The smallest absolute Gasteiger partial charge is 0.238 e. The van der Waals surface area contributed by atoms with Crippen LogP contribution >= 0.6 is 35.6 Å². The first-order chi connectivity index (χ1) is 9.58. The first-order valence-corrected chi connectivity index (χ1v) is 7.48. The first-order valence-electron chi connectivity index (χ1n) is 6.72. The van der Waals surface area contributed by atoms with Crippen molar-refractivity contribution >= 4 is 47.2 Å². The van der Waals surface area contributed by atoms with Crippen LogP contribution in [-0.4, -0.2) is 43.5 Å². The molecule has 4 nitrogen and oxygen atoms in total. The van der Waals surface area contributed by atoms with Crippen molar-refractivity contribution in [3.8, 4) is 0 Å². The number of halogens is 3. The molecule has 0 bridgehead atoms. The van der Waals surface area contributed by atoms with E-state index >= 15 is 0 Å². The molecule has 1 fully saturated rings. The van der Waals surface area contributed by atoms with E-state index in [1.54, 1.807) is 18.2 Å². The molecule has 1 aliphatic heterocycles. The highest BCUT2D eigenvalue weighted by Crippen LogP contribution is 2.29. The Morgan fingerprint density at radius 3 is 2.71 bits per heavy atom. The average molecular weight is 353 g/mol. The van der Waals surface area contributed by atoms with Gasteiger partial charge in [0.15, 0.2) is 0 Å². The molecule has 118 valence electrons. The number of carbonyl (C=O) groups is 1. The lowest BCUT2D eigenvalue weighted by molar-refractivity contribution is -0.117. The fourth-order valence-electron chi connectivity index (χ4n) is 2.39. The number of likely N-dealkylation sites (N-methyl/N-ethyl adjacent to an activating group) is 1. The molecule has 1 aromatic rings. The second kappa shape index (κ2) is 8.81. The SMILES string of the molecule is CN(CC(=O)Nc1cccc(Cl)c1Cl)C1CCNCC1.Cl. The maximum Gasteiger partial charge on any atom is 0.238 e. The first kappa shape index (κ1) is 18.5. The van der Waals surface area contributed by atoms with Crippen molar-refractivity contribution < 1.29 is 4.79 Å². The van der Waals surface area contributed by atoms with Crippen LogP contribution in [0.2, 0.25) is 10.0 Å². The summed E-state index contributed by atoms with van der Waals surface area (Å²) in [6.45, 7) is 2.38. The van der Waals surface area contributed by atoms with E-state index < -0.39 is 0 Å². The molecule has 0 unspecified atom stereocenters. The Bertz CT molecular complexity index is 479. The lowest BCUT2D eigenvalue weighted by Gasteiger charge is -2.31. The van der Waals surface area contributed by atoms with Gasteiger partial charge in [0, 0.05) is 6.04 Å². The van der Waals surface area contributed by atoms with Gasteiger partial charge in [-0.25, -0.2) is 0 Å². The van der Waals surface area contributed by atoms with Gasteiger partial charge in [0.2, 0.25) is 5.91 Å². The third kappa shape index (κ3) is 5.31. The molecule has 1 aromatic carbocycles. The minimum absolute atomic E-state index is 0. The van der Waals surface area contributed by atoms with Gasteiger partial charge in [-0.3, -0.25) is 9.69 Å². The van der Waals surface area contributed by atoms with Gasteiger partial charge in [-0.2, -0.15) is 0 Å². The van der Waals surface area contributed by atoms with E-state index in [0.29, 0.717) is 28.3 Å². The lowest BCUT2D eigenvalue weighted by Crippen LogP contribution is -2.44. The van der Waals surface area contributed by atoms with E-state index in [2.05, 4.69) is 15.5 Å². The van der Waals surface area contributed by atoms with Crippen LogP contribution in [0, 0.1) is 0 Å². The quantitative estimate of drug-likeness (QED) is 0.875. The third-order valence-electron chi connectivity index (χ3n) is 3.55. The van der Waals surface area contributed by atoms with Crippen LogP contribution in [0.5, 0.6) is 0 Å². The minimum atomic E-state index is -0.0739. The van der Waals surface area contributed by atoms with Gasteiger partial charge in [-0.05, 0) is 45.1 Å². The van der Waals surface area contributed by atoms with Crippen LogP contribution in [0.1, 0.15) is 12.8 Å². The number of anilines is 1. The summed E-state index contributed by atoms with van der Waals surface area (Å²) in [6, 6.07) is 5.66. The van der Waals surface area contributed by atoms with E-state index in [9.17, 15) is 4.79 Å². The normalized spacial score (nSPS) is 15.6. The van der Waals surface area contributed by atoms with Gasteiger partial charge >= 0.3 is 0 Å². The second-order valence-corrected chi connectivity index (χ2v) is 5.83. The van der Waals surface area contributed by atoms with E-state index in [-0.39, 0.29) is 18.3 Å². The van der Waals surface area contributed by atoms with E-state index in [0.717, 1.165) is 25.9 Å². The Morgan fingerprint density at radius 1 is 1.38 bits per heavy atom. The van der Waals surface area contributed by atoms with Crippen LogP contribution in [0.15, 0.2) is 18.2 Å². The van der Waals surface area contributed by atoms with Gasteiger partial charge in [0.05, 0.1) is 22.3 Å². The molecule has 7 heteroatoms. The van der Waals surface area contributed by atoms with Crippen LogP contribution in [0.4, 0.5) is 5.69 Å². The Kier molecular flexibility index (Phi) is 7.77. The maximum absolute atomic E-state index is 12.1.